The molecule has 6 nitrogen and oxygen atoms in total. The summed E-state index contributed by atoms with van der Waals surface area (Å²) in [6, 6.07) is 4.33. The van der Waals surface area contributed by atoms with E-state index in [9.17, 15) is 13.2 Å². The third kappa shape index (κ3) is 3.60. The first-order chi connectivity index (χ1) is 10.4. The van der Waals surface area contributed by atoms with Gasteiger partial charge in [0, 0.05) is 38.3 Å². The van der Waals surface area contributed by atoms with Gasteiger partial charge in [-0.15, -0.1) is 0 Å². The van der Waals surface area contributed by atoms with E-state index in [1.807, 2.05) is 7.05 Å². The minimum atomic E-state index is -3.69. The lowest BCUT2D eigenvalue weighted by atomic mass is 10.2. The number of benzene rings is 1. The third-order valence-electron chi connectivity index (χ3n) is 3.61. The normalized spacial score (nSPS) is 17.4. The molecule has 1 aliphatic heterocycles. The quantitative estimate of drug-likeness (QED) is 0.884. The zero-order chi connectivity index (χ0) is 16.3. The van der Waals surface area contributed by atoms with Crippen molar-refractivity contribution in [2.45, 2.75) is 11.8 Å². The summed E-state index contributed by atoms with van der Waals surface area (Å²) < 4.78 is 26.9. The van der Waals surface area contributed by atoms with Crippen molar-refractivity contribution in [1.82, 2.24) is 14.5 Å². The Hall–Kier alpha value is -1.15. The van der Waals surface area contributed by atoms with E-state index >= 15 is 0 Å². The Morgan fingerprint density at radius 3 is 2.50 bits per heavy atom. The van der Waals surface area contributed by atoms with E-state index in [4.69, 9.17) is 11.6 Å². The average molecular weight is 346 g/mol. The van der Waals surface area contributed by atoms with Gasteiger partial charge in [-0.25, -0.2) is 8.42 Å². The highest BCUT2D eigenvalue weighted by atomic mass is 35.5. The van der Waals surface area contributed by atoms with Crippen LogP contribution in [0, 0.1) is 0 Å². The first kappa shape index (κ1) is 17.2. The van der Waals surface area contributed by atoms with E-state index in [1.54, 1.807) is 6.92 Å². The number of carbonyl (C=O) groups is 1. The molecule has 2 rings (SSSR count). The predicted molar refractivity (Wildman–Crippen MR) is 85.7 cm³/mol. The van der Waals surface area contributed by atoms with Gasteiger partial charge >= 0.3 is 0 Å². The maximum atomic E-state index is 12.7. The summed E-state index contributed by atoms with van der Waals surface area (Å²) in [5, 5.41) is 2.78. The van der Waals surface area contributed by atoms with E-state index in [-0.39, 0.29) is 15.8 Å². The Kier molecular flexibility index (Phi) is 5.44. The van der Waals surface area contributed by atoms with Crippen molar-refractivity contribution in [3.63, 3.8) is 0 Å². The molecule has 22 heavy (non-hydrogen) atoms. The summed E-state index contributed by atoms with van der Waals surface area (Å²) in [6.45, 7) is 4.46. The van der Waals surface area contributed by atoms with Crippen molar-refractivity contribution in [3.8, 4) is 0 Å². The van der Waals surface area contributed by atoms with Gasteiger partial charge in [-0.1, -0.05) is 11.6 Å². The average Bonchev–Trinajstić information content (AvgIpc) is 2.48. The number of amides is 1. The van der Waals surface area contributed by atoms with Crippen LogP contribution in [0.4, 0.5) is 0 Å². The summed E-state index contributed by atoms with van der Waals surface area (Å²) in [5.74, 6) is -0.311. The molecule has 1 saturated heterocycles. The maximum absolute atomic E-state index is 12.7. The molecule has 1 amide bonds. The molecule has 0 unspecified atom stereocenters. The minimum Gasteiger partial charge on any atom is -0.352 e. The second-order valence-electron chi connectivity index (χ2n) is 5.21. The summed E-state index contributed by atoms with van der Waals surface area (Å²) in [6.07, 6.45) is 0. The van der Waals surface area contributed by atoms with Crippen LogP contribution in [0.2, 0.25) is 5.02 Å². The number of halogens is 1. The van der Waals surface area contributed by atoms with Crippen LogP contribution in [0.15, 0.2) is 23.1 Å². The standard InChI is InChI=1S/C14H20ClN3O3S/c1-3-16-14(19)11-4-5-12(15)13(10-11)22(20,21)18-8-6-17(2)7-9-18/h4-5,10H,3,6-9H2,1-2H3,(H,16,19). The van der Waals surface area contributed by atoms with E-state index in [1.165, 1.54) is 22.5 Å². The topological polar surface area (TPSA) is 69.7 Å². The number of hydrogen-bond acceptors (Lipinski definition) is 4. The van der Waals surface area contributed by atoms with Gasteiger partial charge in [-0.2, -0.15) is 4.31 Å². The van der Waals surface area contributed by atoms with Crippen LogP contribution in [-0.4, -0.2) is 63.3 Å². The van der Waals surface area contributed by atoms with Gasteiger partial charge in [-0.3, -0.25) is 4.79 Å². The highest BCUT2D eigenvalue weighted by Gasteiger charge is 2.29. The Bertz CT molecular complexity index is 655. The highest BCUT2D eigenvalue weighted by Crippen LogP contribution is 2.26. The third-order valence-corrected chi connectivity index (χ3v) is 5.99. The van der Waals surface area contributed by atoms with Gasteiger partial charge < -0.3 is 10.2 Å². The van der Waals surface area contributed by atoms with E-state index in [0.29, 0.717) is 38.3 Å². The monoisotopic (exact) mass is 345 g/mol. The number of rotatable bonds is 4. The number of nitrogens with zero attached hydrogens (tertiary/aromatic N) is 2. The SMILES string of the molecule is CCNC(=O)c1ccc(Cl)c(S(=O)(=O)N2CCN(C)CC2)c1. The van der Waals surface area contributed by atoms with E-state index < -0.39 is 10.0 Å². The van der Waals surface area contributed by atoms with Gasteiger partial charge in [-0.05, 0) is 32.2 Å². The molecule has 0 aliphatic carbocycles. The molecule has 0 atom stereocenters. The lowest BCUT2D eigenvalue weighted by molar-refractivity contribution is 0.0955. The molecular weight excluding hydrogens is 326 g/mol. The minimum absolute atomic E-state index is 0.0116. The van der Waals surface area contributed by atoms with Gasteiger partial charge in [0.15, 0.2) is 0 Å². The molecule has 1 aromatic carbocycles. The van der Waals surface area contributed by atoms with Crippen LogP contribution in [0.5, 0.6) is 0 Å². The molecule has 0 aromatic heterocycles. The largest absolute Gasteiger partial charge is 0.352 e. The number of nitrogens with one attached hydrogen (secondary N) is 1. The van der Waals surface area contributed by atoms with Gasteiger partial charge in [0.05, 0.1) is 5.02 Å². The Labute approximate surface area is 136 Å². The van der Waals surface area contributed by atoms with E-state index in [0.717, 1.165) is 0 Å². The summed E-state index contributed by atoms with van der Waals surface area (Å²) in [4.78, 5) is 13.9. The van der Waals surface area contributed by atoms with Crippen molar-refractivity contribution in [2.24, 2.45) is 0 Å². The molecule has 1 heterocycles. The second-order valence-corrected chi connectivity index (χ2v) is 7.53. The highest BCUT2D eigenvalue weighted by molar-refractivity contribution is 7.89. The molecule has 0 spiro atoms. The van der Waals surface area contributed by atoms with Crippen LogP contribution in [0.3, 0.4) is 0 Å². The number of piperazine rings is 1. The molecule has 1 aromatic rings. The zero-order valence-corrected chi connectivity index (χ0v) is 14.2. The van der Waals surface area contributed by atoms with Crippen molar-refractivity contribution < 1.29 is 13.2 Å². The van der Waals surface area contributed by atoms with Crippen molar-refractivity contribution >= 4 is 27.5 Å². The summed E-state index contributed by atoms with van der Waals surface area (Å²) in [7, 11) is -1.74. The van der Waals surface area contributed by atoms with Crippen LogP contribution in [-0.2, 0) is 10.0 Å². The van der Waals surface area contributed by atoms with Crippen molar-refractivity contribution in [2.75, 3.05) is 39.8 Å². The fourth-order valence-electron chi connectivity index (χ4n) is 2.27. The Morgan fingerprint density at radius 2 is 1.91 bits per heavy atom. The molecular formula is C14H20ClN3O3S. The van der Waals surface area contributed by atoms with Gasteiger partial charge in [0.25, 0.3) is 5.91 Å². The molecule has 1 aliphatic rings. The smallest absolute Gasteiger partial charge is 0.251 e. The molecule has 0 saturated carbocycles. The summed E-state index contributed by atoms with van der Waals surface area (Å²) in [5.41, 5.74) is 0.291. The van der Waals surface area contributed by atoms with Crippen molar-refractivity contribution in [3.05, 3.63) is 28.8 Å². The molecule has 122 valence electrons. The fourth-order valence-corrected chi connectivity index (χ4v) is 4.20. The van der Waals surface area contributed by atoms with Gasteiger partial charge in [0.2, 0.25) is 10.0 Å². The molecule has 1 N–H and O–H groups in total. The predicted octanol–water partition coefficient (Wildman–Crippen LogP) is 1.03. The molecule has 8 heteroatoms. The first-order valence-corrected chi connectivity index (χ1v) is 8.94. The van der Waals surface area contributed by atoms with Crippen LogP contribution < -0.4 is 5.32 Å². The number of sulfonamides is 1. The van der Waals surface area contributed by atoms with Crippen molar-refractivity contribution in [1.29, 1.82) is 0 Å². The second kappa shape index (κ2) is 6.95. The van der Waals surface area contributed by atoms with Crippen LogP contribution in [0.25, 0.3) is 0 Å². The lowest BCUT2D eigenvalue weighted by Gasteiger charge is -2.31. The molecule has 1 fully saturated rings. The number of carbonyl (C=O) groups excluding carboxylic acids is 1. The number of likely N-dealkylation sites (N-methyl/N-ethyl adjacent to an activating group) is 1. The van der Waals surface area contributed by atoms with Crippen LogP contribution >= 0.6 is 11.6 Å². The molecule has 0 bridgehead atoms. The first-order valence-electron chi connectivity index (χ1n) is 7.12. The lowest BCUT2D eigenvalue weighted by Crippen LogP contribution is -2.47. The fraction of sp³-hybridized carbons (Fsp3) is 0.500. The Balaban J connectivity index is 2.34. The Morgan fingerprint density at radius 1 is 1.27 bits per heavy atom. The zero-order valence-electron chi connectivity index (χ0n) is 12.7. The van der Waals surface area contributed by atoms with Crippen LogP contribution in [0.1, 0.15) is 17.3 Å². The maximum Gasteiger partial charge on any atom is 0.251 e. The number of hydrogen-bond donors (Lipinski definition) is 1. The summed E-state index contributed by atoms with van der Waals surface area (Å²) >= 11 is 6.06. The van der Waals surface area contributed by atoms with Gasteiger partial charge in [0.1, 0.15) is 4.90 Å². The van der Waals surface area contributed by atoms with E-state index in [2.05, 4.69) is 10.2 Å². The molecule has 0 radical (unpaired) electrons.